The predicted octanol–water partition coefficient (Wildman–Crippen LogP) is 6.92. The van der Waals surface area contributed by atoms with Crippen LogP contribution in [0.2, 0.25) is 10.0 Å². The summed E-state index contributed by atoms with van der Waals surface area (Å²) in [4.78, 5) is 20.0. The lowest BCUT2D eigenvalue weighted by atomic mass is 9.80. The van der Waals surface area contributed by atoms with E-state index in [0.717, 1.165) is 28.9 Å². The molecule has 2 aliphatic rings. The first-order valence-corrected chi connectivity index (χ1v) is 11.8. The summed E-state index contributed by atoms with van der Waals surface area (Å²) in [6.07, 6.45) is 2.90. The summed E-state index contributed by atoms with van der Waals surface area (Å²) in [5.41, 5.74) is 5.05. The van der Waals surface area contributed by atoms with Gasteiger partial charge in [0.25, 0.3) is 5.91 Å². The molecule has 1 N–H and O–H groups in total. The normalized spacial score (nSPS) is 22.7. The number of rotatable bonds is 2. The van der Waals surface area contributed by atoms with Crippen molar-refractivity contribution in [2.45, 2.75) is 45.6 Å². The van der Waals surface area contributed by atoms with E-state index in [1.165, 1.54) is 17.3 Å². The molecule has 0 radical (unpaired) electrons. The molecule has 2 aliphatic heterocycles. The molecule has 2 aromatic carbocycles. The van der Waals surface area contributed by atoms with E-state index in [1.807, 2.05) is 31.2 Å². The van der Waals surface area contributed by atoms with Gasteiger partial charge in [0.15, 0.2) is 5.17 Å². The topological polar surface area (TPSA) is 44.7 Å². The van der Waals surface area contributed by atoms with E-state index in [-0.39, 0.29) is 11.4 Å². The van der Waals surface area contributed by atoms with Crippen LogP contribution < -0.4 is 10.2 Å². The zero-order valence-electron chi connectivity index (χ0n) is 18.2. The highest BCUT2D eigenvalue weighted by atomic mass is 35.5. The lowest BCUT2D eigenvalue weighted by molar-refractivity contribution is -0.115. The van der Waals surface area contributed by atoms with Crippen molar-refractivity contribution < 1.29 is 4.79 Å². The molecule has 0 aromatic heterocycles. The van der Waals surface area contributed by atoms with Crippen LogP contribution in [0.1, 0.15) is 49.8 Å². The van der Waals surface area contributed by atoms with E-state index < -0.39 is 0 Å². The lowest BCUT2D eigenvalue weighted by Gasteiger charge is -2.45. The van der Waals surface area contributed by atoms with E-state index in [1.54, 1.807) is 6.07 Å². The van der Waals surface area contributed by atoms with Crippen molar-refractivity contribution >= 4 is 63.5 Å². The van der Waals surface area contributed by atoms with Gasteiger partial charge < -0.3 is 10.2 Å². The minimum Gasteiger partial charge on any atom is -0.369 e. The van der Waals surface area contributed by atoms with Gasteiger partial charge in [-0.15, -0.1) is 0 Å². The van der Waals surface area contributed by atoms with Crippen molar-refractivity contribution in [2.24, 2.45) is 4.99 Å². The molecular formula is C24H25Cl2N3OS. The maximum Gasteiger partial charge on any atom is 0.264 e. The molecule has 0 spiro atoms. The van der Waals surface area contributed by atoms with Gasteiger partial charge in [0, 0.05) is 28.3 Å². The third-order valence-electron chi connectivity index (χ3n) is 6.08. The van der Waals surface area contributed by atoms with Crippen LogP contribution in [0.5, 0.6) is 0 Å². The van der Waals surface area contributed by atoms with Gasteiger partial charge >= 0.3 is 0 Å². The van der Waals surface area contributed by atoms with Gasteiger partial charge in [0.1, 0.15) is 0 Å². The number of amides is 1. The SMILES string of the molecule is Cc1ccc(Cl)cc1N=C1NC(=O)/C(=C/c2cc3c(cc2Cl)N(C)C(C)(C)C[C@H]3C)S1. The molecule has 0 unspecified atom stereocenters. The van der Waals surface area contributed by atoms with Gasteiger partial charge in [-0.2, -0.15) is 0 Å². The smallest absolute Gasteiger partial charge is 0.264 e. The highest BCUT2D eigenvalue weighted by molar-refractivity contribution is 8.18. The van der Waals surface area contributed by atoms with Crippen LogP contribution in [0.15, 0.2) is 40.2 Å². The fraction of sp³-hybridized carbons (Fsp3) is 0.333. The summed E-state index contributed by atoms with van der Waals surface area (Å²) < 4.78 is 0. The Balaban J connectivity index is 1.67. The molecule has 2 heterocycles. The quantitative estimate of drug-likeness (QED) is 0.481. The van der Waals surface area contributed by atoms with Gasteiger partial charge in [-0.3, -0.25) is 4.79 Å². The maximum atomic E-state index is 12.6. The number of carbonyl (C=O) groups is 1. The summed E-state index contributed by atoms with van der Waals surface area (Å²) in [6.45, 7) is 8.70. The number of carbonyl (C=O) groups excluding carboxylic acids is 1. The zero-order valence-corrected chi connectivity index (χ0v) is 20.5. The van der Waals surface area contributed by atoms with Crippen LogP contribution in [0.25, 0.3) is 6.08 Å². The monoisotopic (exact) mass is 473 g/mol. The number of aryl methyl sites for hydroxylation is 1. The molecule has 1 fully saturated rings. The van der Waals surface area contributed by atoms with Crippen molar-refractivity contribution in [3.63, 3.8) is 0 Å². The van der Waals surface area contributed by atoms with Crippen molar-refractivity contribution in [3.05, 3.63) is 62.0 Å². The molecule has 1 saturated heterocycles. The average Bonchev–Trinajstić information content (AvgIpc) is 3.03. The summed E-state index contributed by atoms with van der Waals surface area (Å²) in [7, 11) is 2.11. The Kier molecular flexibility index (Phi) is 5.88. The molecule has 0 saturated carbocycles. The van der Waals surface area contributed by atoms with Crippen LogP contribution in [0, 0.1) is 6.92 Å². The van der Waals surface area contributed by atoms with E-state index in [9.17, 15) is 4.79 Å². The first-order valence-electron chi connectivity index (χ1n) is 10.2. The minimum atomic E-state index is -0.177. The second-order valence-electron chi connectivity index (χ2n) is 8.82. The van der Waals surface area contributed by atoms with Crippen molar-refractivity contribution in [3.8, 4) is 0 Å². The zero-order chi connectivity index (χ0) is 22.5. The Hall–Kier alpha value is -1.95. The van der Waals surface area contributed by atoms with Crippen LogP contribution >= 0.6 is 35.0 Å². The summed E-state index contributed by atoms with van der Waals surface area (Å²) in [5, 5.41) is 4.61. The Bertz CT molecular complexity index is 1140. The van der Waals surface area contributed by atoms with Crippen LogP contribution in [0.3, 0.4) is 0 Å². The molecule has 1 amide bonds. The van der Waals surface area contributed by atoms with Crippen LogP contribution in [-0.2, 0) is 4.79 Å². The molecule has 162 valence electrons. The Morgan fingerprint density at radius 2 is 2.00 bits per heavy atom. The number of nitrogens with one attached hydrogen (secondary N) is 1. The number of aliphatic imine (C=N–C) groups is 1. The minimum absolute atomic E-state index is 0.0702. The average molecular weight is 474 g/mol. The third kappa shape index (κ3) is 4.36. The predicted molar refractivity (Wildman–Crippen MR) is 134 cm³/mol. The highest BCUT2D eigenvalue weighted by Gasteiger charge is 2.34. The van der Waals surface area contributed by atoms with E-state index in [0.29, 0.717) is 26.0 Å². The molecular weight excluding hydrogens is 449 g/mol. The number of nitrogens with zero attached hydrogens (tertiary/aromatic N) is 2. The van der Waals surface area contributed by atoms with Gasteiger partial charge in [-0.1, -0.05) is 36.2 Å². The van der Waals surface area contributed by atoms with Gasteiger partial charge in [0.05, 0.1) is 10.6 Å². The van der Waals surface area contributed by atoms with Crippen molar-refractivity contribution in [1.82, 2.24) is 5.32 Å². The van der Waals surface area contributed by atoms with Crippen molar-refractivity contribution in [2.75, 3.05) is 11.9 Å². The molecule has 1 atom stereocenters. The molecule has 0 bridgehead atoms. The number of halogens is 2. The number of fused-ring (bicyclic) bond motifs is 1. The lowest BCUT2D eigenvalue weighted by Crippen LogP contribution is -2.45. The first kappa shape index (κ1) is 22.3. The first-order chi connectivity index (χ1) is 14.5. The van der Waals surface area contributed by atoms with Gasteiger partial charge in [-0.25, -0.2) is 4.99 Å². The standard InChI is InChI=1S/C24H25Cl2N3OS/c1-13-6-7-16(25)10-19(13)27-23-28-22(30)21(31-23)9-15-8-17-14(2)12-24(3,4)29(5)20(17)11-18(15)26/h6-11,14H,12H2,1-5H3,(H,27,28,30)/b21-9-/t14-/m1/s1. The summed E-state index contributed by atoms with van der Waals surface area (Å²) in [6, 6.07) is 9.65. The second kappa shape index (κ2) is 8.19. The molecule has 2 aromatic rings. The largest absolute Gasteiger partial charge is 0.369 e. The van der Waals surface area contributed by atoms with E-state index in [4.69, 9.17) is 23.2 Å². The number of hydrogen-bond donors (Lipinski definition) is 1. The van der Waals surface area contributed by atoms with E-state index in [2.05, 4.69) is 49.1 Å². The number of thioether (sulfide) groups is 1. The molecule has 31 heavy (non-hydrogen) atoms. The Morgan fingerprint density at radius 1 is 1.26 bits per heavy atom. The van der Waals surface area contributed by atoms with E-state index >= 15 is 0 Å². The summed E-state index contributed by atoms with van der Waals surface area (Å²) in [5.74, 6) is 0.229. The summed E-state index contributed by atoms with van der Waals surface area (Å²) >= 11 is 14.0. The number of benzene rings is 2. The van der Waals surface area contributed by atoms with Gasteiger partial charge in [-0.05, 0) is 91.9 Å². The second-order valence-corrected chi connectivity index (χ2v) is 10.7. The Labute approximate surface area is 197 Å². The fourth-order valence-corrected chi connectivity index (χ4v) is 5.35. The number of amidine groups is 1. The maximum absolute atomic E-state index is 12.6. The highest BCUT2D eigenvalue weighted by Crippen LogP contribution is 2.45. The van der Waals surface area contributed by atoms with Crippen LogP contribution in [0.4, 0.5) is 11.4 Å². The number of hydrogen-bond acceptors (Lipinski definition) is 4. The molecule has 4 rings (SSSR count). The molecule has 4 nitrogen and oxygen atoms in total. The van der Waals surface area contributed by atoms with Crippen molar-refractivity contribution in [1.29, 1.82) is 0 Å². The third-order valence-corrected chi connectivity index (χ3v) is 7.55. The number of anilines is 1. The fourth-order valence-electron chi connectivity index (χ4n) is 4.15. The molecule has 7 heteroatoms. The van der Waals surface area contributed by atoms with Gasteiger partial charge in [0.2, 0.25) is 0 Å². The van der Waals surface area contributed by atoms with Crippen LogP contribution in [-0.4, -0.2) is 23.7 Å². The Morgan fingerprint density at radius 3 is 2.74 bits per heavy atom. The molecule has 0 aliphatic carbocycles.